The zero-order valence-electron chi connectivity index (χ0n) is 13.7. The van der Waals surface area contributed by atoms with Gasteiger partial charge in [-0.1, -0.05) is 0 Å². The van der Waals surface area contributed by atoms with E-state index in [4.69, 9.17) is 9.47 Å². The normalized spacial score (nSPS) is 22.8. The molecule has 2 heterocycles. The molecule has 132 valence electrons. The third-order valence-electron chi connectivity index (χ3n) is 4.28. The number of hydrogen-bond donors (Lipinski definition) is 0. The summed E-state index contributed by atoms with van der Waals surface area (Å²) in [4.78, 5) is 15.1. The SMILES string of the molecule is C[C@@H](Sc1ccc2c(c1)OCCO2)C(=O)N(C)[C@H]1CCS(=O)(=O)C1. The van der Waals surface area contributed by atoms with Crippen molar-refractivity contribution in [1.29, 1.82) is 0 Å². The van der Waals surface area contributed by atoms with Crippen LogP contribution in [-0.2, 0) is 14.6 Å². The molecule has 1 aromatic carbocycles. The Balaban J connectivity index is 1.64. The number of thioether (sulfide) groups is 1. The monoisotopic (exact) mass is 371 g/mol. The zero-order valence-corrected chi connectivity index (χ0v) is 15.4. The minimum Gasteiger partial charge on any atom is -0.486 e. The molecular weight excluding hydrogens is 350 g/mol. The fourth-order valence-electron chi connectivity index (χ4n) is 2.90. The van der Waals surface area contributed by atoms with E-state index in [1.165, 1.54) is 11.8 Å². The van der Waals surface area contributed by atoms with Crippen LogP contribution in [0.15, 0.2) is 23.1 Å². The van der Waals surface area contributed by atoms with Crippen molar-refractivity contribution in [3.8, 4) is 11.5 Å². The van der Waals surface area contributed by atoms with Crippen molar-refractivity contribution in [2.24, 2.45) is 0 Å². The molecule has 1 aromatic rings. The molecule has 0 unspecified atom stereocenters. The lowest BCUT2D eigenvalue weighted by atomic mass is 10.2. The number of rotatable bonds is 4. The van der Waals surface area contributed by atoms with Crippen molar-refractivity contribution in [2.45, 2.75) is 29.5 Å². The summed E-state index contributed by atoms with van der Waals surface area (Å²) >= 11 is 1.44. The highest BCUT2D eigenvalue weighted by atomic mass is 32.2. The maximum absolute atomic E-state index is 12.6. The number of hydrogen-bond acceptors (Lipinski definition) is 6. The molecular formula is C16H21NO5S2. The van der Waals surface area contributed by atoms with Crippen molar-refractivity contribution in [2.75, 3.05) is 31.8 Å². The van der Waals surface area contributed by atoms with Gasteiger partial charge < -0.3 is 14.4 Å². The Bertz CT molecular complexity index is 734. The van der Waals surface area contributed by atoms with Crippen LogP contribution < -0.4 is 9.47 Å². The third kappa shape index (κ3) is 3.80. The summed E-state index contributed by atoms with van der Waals surface area (Å²) in [6.07, 6.45) is 0.520. The van der Waals surface area contributed by atoms with Gasteiger partial charge in [0.15, 0.2) is 21.3 Å². The first-order valence-electron chi connectivity index (χ1n) is 7.89. The summed E-state index contributed by atoms with van der Waals surface area (Å²) < 4.78 is 34.2. The lowest BCUT2D eigenvalue weighted by molar-refractivity contribution is -0.130. The number of carbonyl (C=O) groups excluding carboxylic acids is 1. The molecule has 3 rings (SSSR count). The second-order valence-electron chi connectivity index (χ2n) is 6.07. The van der Waals surface area contributed by atoms with Crippen molar-refractivity contribution in [3.63, 3.8) is 0 Å². The van der Waals surface area contributed by atoms with Gasteiger partial charge in [-0.25, -0.2) is 8.42 Å². The second kappa shape index (κ2) is 6.84. The Hall–Kier alpha value is -1.41. The van der Waals surface area contributed by atoms with Gasteiger partial charge >= 0.3 is 0 Å². The highest BCUT2D eigenvalue weighted by Crippen LogP contribution is 2.36. The van der Waals surface area contributed by atoms with E-state index in [0.29, 0.717) is 25.4 Å². The maximum atomic E-state index is 12.6. The van der Waals surface area contributed by atoms with Crippen LogP contribution in [0.1, 0.15) is 13.3 Å². The van der Waals surface area contributed by atoms with Crippen molar-refractivity contribution < 1.29 is 22.7 Å². The average molecular weight is 371 g/mol. The highest BCUT2D eigenvalue weighted by Gasteiger charge is 2.34. The molecule has 0 saturated carbocycles. The molecule has 2 atom stereocenters. The summed E-state index contributed by atoms with van der Waals surface area (Å²) in [6.45, 7) is 2.90. The van der Waals surface area contributed by atoms with Crippen molar-refractivity contribution in [3.05, 3.63) is 18.2 Å². The predicted octanol–water partition coefficient (Wildman–Crippen LogP) is 1.58. The van der Waals surface area contributed by atoms with Crippen LogP contribution in [0.3, 0.4) is 0 Å². The highest BCUT2D eigenvalue weighted by molar-refractivity contribution is 8.00. The maximum Gasteiger partial charge on any atom is 0.235 e. The van der Waals surface area contributed by atoms with Crippen LogP contribution in [0.4, 0.5) is 0 Å². The number of amides is 1. The Labute approximate surface area is 146 Å². The molecule has 2 aliphatic heterocycles. The van der Waals surface area contributed by atoms with Gasteiger partial charge in [-0.05, 0) is 31.5 Å². The number of carbonyl (C=O) groups is 1. The average Bonchev–Trinajstić information content (AvgIpc) is 2.93. The van der Waals surface area contributed by atoms with Crippen LogP contribution in [0.2, 0.25) is 0 Å². The Morgan fingerprint density at radius 2 is 2.00 bits per heavy atom. The van der Waals surface area contributed by atoms with Gasteiger partial charge in [-0.2, -0.15) is 0 Å². The molecule has 6 nitrogen and oxygen atoms in total. The summed E-state index contributed by atoms with van der Waals surface area (Å²) in [5.74, 6) is 1.59. The van der Waals surface area contributed by atoms with E-state index in [0.717, 1.165) is 10.6 Å². The van der Waals surface area contributed by atoms with Crippen LogP contribution >= 0.6 is 11.8 Å². The van der Waals surface area contributed by atoms with E-state index >= 15 is 0 Å². The fourth-order valence-corrected chi connectivity index (χ4v) is 5.67. The van der Waals surface area contributed by atoms with Gasteiger partial charge in [0.1, 0.15) is 13.2 Å². The lowest BCUT2D eigenvalue weighted by Crippen LogP contribution is -2.41. The standard InChI is InChI=1S/C16H21NO5S2/c1-11(16(18)17(2)12-5-8-24(19,20)10-12)23-13-3-4-14-15(9-13)22-7-6-21-14/h3-4,9,11-12H,5-8,10H2,1-2H3/t11-,12+/m1/s1. The summed E-state index contributed by atoms with van der Waals surface area (Å²) in [5, 5.41) is -0.305. The van der Waals surface area contributed by atoms with E-state index in [1.807, 2.05) is 25.1 Å². The van der Waals surface area contributed by atoms with E-state index in [1.54, 1.807) is 11.9 Å². The predicted molar refractivity (Wildman–Crippen MR) is 92.6 cm³/mol. The molecule has 0 bridgehead atoms. The molecule has 0 aliphatic carbocycles. The van der Waals surface area contributed by atoms with Gasteiger partial charge in [0.25, 0.3) is 0 Å². The number of benzene rings is 1. The molecule has 2 aliphatic rings. The largest absolute Gasteiger partial charge is 0.486 e. The molecule has 8 heteroatoms. The number of sulfone groups is 1. The van der Waals surface area contributed by atoms with Crippen LogP contribution in [0.5, 0.6) is 11.5 Å². The third-order valence-corrected chi connectivity index (χ3v) is 7.11. The van der Waals surface area contributed by atoms with Gasteiger partial charge in [0.2, 0.25) is 5.91 Å². The Morgan fingerprint density at radius 1 is 1.29 bits per heavy atom. The summed E-state index contributed by atoms with van der Waals surface area (Å²) in [7, 11) is -1.31. The van der Waals surface area contributed by atoms with Crippen LogP contribution in [-0.4, -0.2) is 62.3 Å². The van der Waals surface area contributed by atoms with E-state index in [9.17, 15) is 13.2 Å². The second-order valence-corrected chi connectivity index (χ2v) is 9.71. The van der Waals surface area contributed by atoms with Crippen LogP contribution in [0.25, 0.3) is 0 Å². The Kier molecular flexibility index (Phi) is 4.96. The summed E-state index contributed by atoms with van der Waals surface area (Å²) in [6, 6.07) is 5.41. The summed E-state index contributed by atoms with van der Waals surface area (Å²) in [5.41, 5.74) is 0. The van der Waals surface area contributed by atoms with Gasteiger partial charge in [-0.15, -0.1) is 11.8 Å². The molecule has 0 radical (unpaired) electrons. The van der Waals surface area contributed by atoms with Crippen LogP contribution in [0, 0.1) is 0 Å². The smallest absolute Gasteiger partial charge is 0.235 e. The van der Waals surface area contributed by atoms with Crippen molar-refractivity contribution in [1.82, 2.24) is 4.90 Å². The molecule has 24 heavy (non-hydrogen) atoms. The fraction of sp³-hybridized carbons (Fsp3) is 0.562. The number of fused-ring (bicyclic) bond motifs is 1. The van der Waals surface area contributed by atoms with E-state index in [2.05, 4.69) is 0 Å². The first-order valence-corrected chi connectivity index (χ1v) is 10.6. The zero-order chi connectivity index (χ0) is 17.3. The van der Waals surface area contributed by atoms with Gasteiger partial charge in [0, 0.05) is 18.0 Å². The Morgan fingerprint density at radius 3 is 2.67 bits per heavy atom. The molecule has 1 saturated heterocycles. The van der Waals surface area contributed by atoms with E-state index in [-0.39, 0.29) is 28.7 Å². The molecule has 0 aromatic heterocycles. The minimum atomic E-state index is -3.00. The molecule has 0 N–H and O–H groups in total. The molecule has 0 spiro atoms. The quantitative estimate of drug-likeness (QED) is 0.749. The first kappa shape index (κ1) is 17.4. The number of ether oxygens (including phenoxy) is 2. The number of nitrogens with zero attached hydrogens (tertiary/aromatic N) is 1. The first-order chi connectivity index (χ1) is 11.4. The minimum absolute atomic E-state index is 0.0583. The molecule has 1 fully saturated rings. The topological polar surface area (TPSA) is 72.9 Å². The lowest BCUT2D eigenvalue weighted by Gasteiger charge is -2.26. The van der Waals surface area contributed by atoms with E-state index < -0.39 is 9.84 Å². The van der Waals surface area contributed by atoms with Crippen molar-refractivity contribution >= 4 is 27.5 Å². The van der Waals surface area contributed by atoms with Gasteiger partial charge in [-0.3, -0.25) is 4.79 Å². The van der Waals surface area contributed by atoms with Gasteiger partial charge in [0.05, 0.1) is 16.8 Å². The molecule has 1 amide bonds.